The van der Waals surface area contributed by atoms with Crippen LogP contribution >= 0.6 is 0 Å². The predicted octanol–water partition coefficient (Wildman–Crippen LogP) is 6.31. The Morgan fingerprint density at radius 3 is 2.75 bits per heavy atom. The Balaban J connectivity index is 2.27. The maximum Gasteiger partial charge on any atom is -0.0112 e. The van der Waals surface area contributed by atoms with Gasteiger partial charge in [0.2, 0.25) is 0 Å². The SMILES string of the molecule is C=C(C)[C@@H]1CC[C@]2(C)/C=C/[C@H](C)CC/C=C(\C)CC[C@@H]12. The van der Waals surface area contributed by atoms with Gasteiger partial charge in [0.15, 0.2) is 0 Å². The third kappa shape index (κ3) is 3.45. The molecular formula is C20H32. The van der Waals surface area contributed by atoms with Crippen LogP contribution < -0.4 is 0 Å². The van der Waals surface area contributed by atoms with Gasteiger partial charge < -0.3 is 0 Å². The van der Waals surface area contributed by atoms with Gasteiger partial charge in [-0.1, -0.05) is 49.8 Å². The van der Waals surface area contributed by atoms with Crippen LogP contribution in [0.3, 0.4) is 0 Å². The second-order valence-electron chi connectivity index (χ2n) is 7.61. The highest BCUT2D eigenvalue weighted by molar-refractivity contribution is 5.15. The molecule has 4 atom stereocenters. The number of fused-ring (bicyclic) bond motifs is 1. The van der Waals surface area contributed by atoms with E-state index < -0.39 is 0 Å². The van der Waals surface area contributed by atoms with Crippen LogP contribution in [0.5, 0.6) is 0 Å². The lowest BCUT2D eigenvalue weighted by molar-refractivity contribution is 0.254. The maximum atomic E-state index is 4.27. The fourth-order valence-corrected chi connectivity index (χ4v) is 4.20. The summed E-state index contributed by atoms with van der Waals surface area (Å²) in [6.45, 7) is 13.7. The molecule has 0 nitrogen and oxygen atoms in total. The van der Waals surface area contributed by atoms with Crippen molar-refractivity contribution in [3.8, 4) is 0 Å². The lowest BCUT2D eigenvalue weighted by atomic mass is 9.72. The summed E-state index contributed by atoms with van der Waals surface area (Å²) in [6.07, 6.45) is 15.3. The van der Waals surface area contributed by atoms with Crippen molar-refractivity contribution in [1.29, 1.82) is 0 Å². The van der Waals surface area contributed by atoms with Crippen molar-refractivity contribution in [3.05, 3.63) is 36.0 Å². The molecule has 0 heterocycles. The standard InChI is InChI=1S/C20H32/c1-15(2)18-12-14-20(5)13-11-17(4)8-6-7-16(3)9-10-19(18)20/h7,11,13,17-19H,1,6,8-10,12,14H2,2-5H3/b13-11+,16-7+/t17-,18+,19+,20+/m1/s1. The van der Waals surface area contributed by atoms with E-state index >= 15 is 0 Å². The largest absolute Gasteiger partial charge is 0.0998 e. The molecule has 0 aromatic heterocycles. The fraction of sp³-hybridized carbons (Fsp3) is 0.700. The van der Waals surface area contributed by atoms with Crippen molar-refractivity contribution < 1.29 is 0 Å². The van der Waals surface area contributed by atoms with Crippen LogP contribution in [0.4, 0.5) is 0 Å². The van der Waals surface area contributed by atoms with Crippen molar-refractivity contribution in [3.63, 3.8) is 0 Å². The van der Waals surface area contributed by atoms with E-state index in [2.05, 4.69) is 52.5 Å². The molecule has 2 aliphatic carbocycles. The lowest BCUT2D eigenvalue weighted by Gasteiger charge is -2.32. The summed E-state index contributed by atoms with van der Waals surface area (Å²) in [5.41, 5.74) is 3.38. The first kappa shape index (κ1) is 15.6. The molecule has 0 spiro atoms. The molecule has 0 aromatic carbocycles. The zero-order valence-electron chi connectivity index (χ0n) is 13.9. The third-order valence-corrected chi connectivity index (χ3v) is 5.73. The Kier molecular flexibility index (Phi) is 4.94. The van der Waals surface area contributed by atoms with E-state index in [0.717, 1.165) is 11.8 Å². The van der Waals surface area contributed by atoms with Crippen LogP contribution in [0, 0.1) is 23.2 Å². The maximum absolute atomic E-state index is 4.27. The van der Waals surface area contributed by atoms with Gasteiger partial charge in [-0.25, -0.2) is 0 Å². The highest BCUT2D eigenvalue weighted by Gasteiger charge is 2.43. The van der Waals surface area contributed by atoms with Crippen LogP contribution in [0.25, 0.3) is 0 Å². The predicted molar refractivity (Wildman–Crippen MR) is 89.7 cm³/mol. The molecule has 0 unspecified atom stereocenters. The van der Waals surface area contributed by atoms with E-state index in [1.165, 1.54) is 44.1 Å². The van der Waals surface area contributed by atoms with Gasteiger partial charge in [0.05, 0.1) is 0 Å². The van der Waals surface area contributed by atoms with E-state index in [1.807, 2.05) is 0 Å². The first-order valence-electron chi connectivity index (χ1n) is 8.43. The van der Waals surface area contributed by atoms with Gasteiger partial charge in [0.1, 0.15) is 0 Å². The van der Waals surface area contributed by atoms with Gasteiger partial charge in [-0.2, -0.15) is 0 Å². The average Bonchev–Trinajstić information content (AvgIpc) is 2.70. The zero-order chi connectivity index (χ0) is 14.8. The van der Waals surface area contributed by atoms with E-state index in [0.29, 0.717) is 11.3 Å². The molecule has 0 heteroatoms. The molecule has 0 aliphatic heterocycles. The Labute approximate surface area is 126 Å². The summed E-state index contributed by atoms with van der Waals surface area (Å²) in [6, 6.07) is 0. The molecule has 1 saturated carbocycles. The number of rotatable bonds is 1. The van der Waals surface area contributed by atoms with Crippen molar-refractivity contribution in [2.24, 2.45) is 23.2 Å². The molecular weight excluding hydrogens is 240 g/mol. The van der Waals surface area contributed by atoms with Crippen LogP contribution in [-0.4, -0.2) is 0 Å². The number of hydrogen-bond donors (Lipinski definition) is 0. The molecule has 0 amide bonds. The van der Waals surface area contributed by atoms with Crippen molar-refractivity contribution in [2.75, 3.05) is 0 Å². The van der Waals surface area contributed by atoms with Gasteiger partial charge in [-0.05, 0) is 75.5 Å². The van der Waals surface area contributed by atoms with Crippen LogP contribution in [-0.2, 0) is 0 Å². The number of hydrogen-bond acceptors (Lipinski definition) is 0. The topological polar surface area (TPSA) is 0 Å². The molecule has 2 aliphatic rings. The second-order valence-corrected chi connectivity index (χ2v) is 7.61. The molecule has 20 heavy (non-hydrogen) atoms. The van der Waals surface area contributed by atoms with Crippen LogP contribution in [0.1, 0.15) is 66.2 Å². The Bertz CT molecular complexity index is 412. The van der Waals surface area contributed by atoms with Gasteiger partial charge >= 0.3 is 0 Å². The molecule has 2 rings (SSSR count). The van der Waals surface area contributed by atoms with Gasteiger partial charge in [0, 0.05) is 0 Å². The van der Waals surface area contributed by atoms with Crippen LogP contribution in [0.2, 0.25) is 0 Å². The van der Waals surface area contributed by atoms with Crippen molar-refractivity contribution in [1.82, 2.24) is 0 Å². The Hall–Kier alpha value is -0.780. The summed E-state index contributed by atoms with van der Waals surface area (Å²) >= 11 is 0. The normalized spacial score (nSPS) is 43.0. The quantitative estimate of drug-likeness (QED) is 0.491. The fourth-order valence-electron chi connectivity index (χ4n) is 4.20. The van der Waals surface area contributed by atoms with Crippen LogP contribution in [0.15, 0.2) is 36.0 Å². The van der Waals surface area contributed by atoms with E-state index in [1.54, 1.807) is 5.57 Å². The summed E-state index contributed by atoms with van der Waals surface area (Å²) in [4.78, 5) is 0. The summed E-state index contributed by atoms with van der Waals surface area (Å²) in [5, 5.41) is 0. The Morgan fingerprint density at radius 2 is 2.05 bits per heavy atom. The monoisotopic (exact) mass is 272 g/mol. The minimum atomic E-state index is 0.391. The minimum Gasteiger partial charge on any atom is -0.0998 e. The first-order valence-corrected chi connectivity index (χ1v) is 8.43. The summed E-state index contributed by atoms with van der Waals surface area (Å²) in [7, 11) is 0. The molecule has 0 N–H and O–H groups in total. The molecule has 0 saturated heterocycles. The van der Waals surface area contributed by atoms with Crippen molar-refractivity contribution >= 4 is 0 Å². The van der Waals surface area contributed by atoms with Crippen molar-refractivity contribution in [2.45, 2.75) is 66.2 Å². The van der Waals surface area contributed by atoms with Gasteiger partial charge in [-0.15, -0.1) is 0 Å². The zero-order valence-corrected chi connectivity index (χ0v) is 13.9. The molecule has 0 bridgehead atoms. The average molecular weight is 272 g/mol. The highest BCUT2D eigenvalue weighted by Crippen LogP contribution is 2.52. The molecule has 0 radical (unpaired) electrons. The third-order valence-electron chi connectivity index (χ3n) is 5.73. The smallest absolute Gasteiger partial charge is 0.0112 e. The van der Waals surface area contributed by atoms with E-state index in [9.17, 15) is 0 Å². The lowest BCUT2D eigenvalue weighted by Crippen LogP contribution is -2.24. The highest BCUT2D eigenvalue weighted by atomic mass is 14.5. The molecule has 112 valence electrons. The minimum absolute atomic E-state index is 0.391. The van der Waals surface area contributed by atoms with E-state index in [4.69, 9.17) is 0 Å². The summed E-state index contributed by atoms with van der Waals surface area (Å²) in [5.74, 6) is 2.22. The summed E-state index contributed by atoms with van der Waals surface area (Å²) < 4.78 is 0. The molecule has 1 fully saturated rings. The second kappa shape index (κ2) is 6.33. The molecule has 0 aromatic rings. The first-order chi connectivity index (χ1) is 9.42. The Morgan fingerprint density at radius 1 is 1.30 bits per heavy atom. The van der Waals surface area contributed by atoms with Gasteiger partial charge in [0.25, 0.3) is 0 Å². The number of allylic oxidation sites excluding steroid dienone is 5. The van der Waals surface area contributed by atoms with Gasteiger partial charge in [-0.3, -0.25) is 0 Å². The van der Waals surface area contributed by atoms with E-state index in [-0.39, 0.29) is 0 Å².